The topological polar surface area (TPSA) is 36.4 Å². The second kappa shape index (κ2) is 4.44. The van der Waals surface area contributed by atoms with Crippen LogP contribution in [0.3, 0.4) is 0 Å². The highest BCUT2D eigenvalue weighted by Crippen LogP contribution is 2.16. The monoisotopic (exact) mass is 317 g/mol. The lowest BCUT2D eigenvalue weighted by atomic mass is 10.3. The van der Waals surface area contributed by atoms with Crippen molar-refractivity contribution in [3.8, 4) is 0 Å². The van der Waals surface area contributed by atoms with Crippen LogP contribution in [0.5, 0.6) is 0 Å². The average Bonchev–Trinajstić information content (AvgIpc) is 2.20. The first kappa shape index (κ1) is 10.8. The van der Waals surface area contributed by atoms with Gasteiger partial charge in [-0.1, -0.05) is 0 Å². The van der Waals surface area contributed by atoms with Crippen LogP contribution in [0, 0.1) is 3.70 Å². The minimum Gasteiger partial charge on any atom is -0.308 e. The van der Waals surface area contributed by atoms with Crippen LogP contribution in [0.2, 0.25) is 0 Å². The molecule has 2 heterocycles. The van der Waals surface area contributed by atoms with Crippen molar-refractivity contribution in [2.45, 2.75) is 0 Å². The summed E-state index contributed by atoms with van der Waals surface area (Å²) in [6, 6.07) is 3.86. The number of amides is 1. The number of hydrogen-bond acceptors (Lipinski definition) is 3. The van der Waals surface area contributed by atoms with Gasteiger partial charge in [0.1, 0.15) is 3.70 Å². The van der Waals surface area contributed by atoms with Gasteiger partial charge < -0.3 is 4.90 Å². The van der Waals surface area contributed by atoms with Crippen LogP contribution in [0.1, 0.15) is 0 Å². The summed E-state index contributed by atoms with van der Waals surface area (Å²) in [6.45, 7) is 2.15. The fourth-order valence-electron chi connectivity index (χ4n) is 1.59. The summed E-state index contributed by atoms with van der Waals surface area (Å²) in [5.41, 5.74) is 0.897. The molecule has 1 aromatic rings. The number of nitrogens with zero attached hydrogens (tertiary/aromatic N) is 3. The second-order valence-electron chi connectivity index (χ2n) is 3.62. The zero-order valence-corrected chi connectivity index (χ0v) is 10.6. The highest BCUT2D eigenvalue weighted by molar-refractivity contribution is 14.1. The Hall–Kier alpha value is -0.690. The maximum absolute atomic E-state index is 11.7. The van der Waals surface area contributed by atoms with E-state index < -0.39 is 0 Å². The Labute approximate surface area is 102 Å². The van der Waals surface area contributed by atoms with E-state index in [0.717, 1.165) is 22.5 Å². The number of anilines is 1. The quantitative estimate of drug-likeness (QED) is 0.572. The highest BCUT2D eigenvalue weighted by atomic mass is 127. The third-order valence-corrected chi connectivity index (χ3v) is 3.07. The second-order valence-corrected chi connectivity index (χ2v) is 4.73. The van der Waals surface area contributed by atoms with E-state index in [2.05, 4.69) is 27.6 Å². The molecular weight excluding hydrogens is 305 g/mol. The van der Waals surface area contributed by atoms with Gasteiger partial charge in [-0.25, -0.2) is 4.98 Å². The summed E-state index contributed by atoms with van der Waals surface area (Å²) in [6.07, 6.45) is 1.75. The molecule has 0 radical (unpaired) electrons. The van der Waals surface area contributed by atoms with Gasteiger partial charge in [0.25, 0.3) is 0 Å². The predicted molar refractivity (Wildman–Crippen MR) is 66.8 cm³/mol. The van der Waals surface area contributed by atoms with E-state index in [4.69, 9.17) is 0 Å². The summed E-state index contributed by atoms with van der Waals surface area (Å²) in [7, 11) is 1.96. The third kappa shape index (κ3) is 2.46. The van der Waals surface area contributed by atoms with E-state index in [-0.39, 0.29) is 5.91 Å². The van der Waals surface area contributed by atoms with Gasteiger partial charge in [-0.15, -0.1) is 0 Å². The first-order valence-corrected chi connectivity index (χ1v) is 5.85. The van der Waals surface area contributed by atoms with Crippen LogP contribution in [-0.2, 0) is 4.79 Å². The third-order valence-electron chi connectivity index (χ3n) is 2.44. The number of pyridine rings is 1. The molecule has 1 fully saturated rings. The molecule has 0 spiro atoms. The van der Waals surface area contributed by atoms with Gasteiger partial charge in [-0.05, 0) is 41.8 Å². The van der Waals surface area contributed by atoms with Crippen molar-refractivity contribution >= 4 is 34.2 Å². The fraction of sp³-hybridized carbons (Fsp3) is 0.400. The van der Waals surface area contributed by atoms with Crippen molar-refractivity contribution in [3.05, 3.63) is 22.0 Å². The summed E-state index contributed by atoms with van der Waals surface area (Å²) in [5.74, 6) is 0.145. The number of halogens is 1. The Balaban J connectivity index is 2.17. The van der Waals surface area contributed by atoms with Gasteiger partial charge in [-0.3, -0.25) is 9.69 Å². The molecule has 4 nitrogen and oxygen atoms in total. The zero-order valence-electron chi connectivity index (χ0n) is 8.48. The summed E-state index contributed by atoms with van der Waals surface area (Å²) >= 11 is 2.15. The number of hydrogen-bond donors (Lipinski definition) is 0. The van der Waals surface area contributed by atoms with Crippen LogP contribution in [0.25, 0.3) is 0 Å². The van der Waals surface area contributed by atoms with E-state index in [1.54, 1.807) is 11.1 Å². The van der Waals surface area contributed by atoms with Crippen LogP contribution < -0.4 is 4.90 Å². The van der Waals surface area contributed by atoms with Crippen LogP contribution in [0.15, 0.2) is 18.3 Å². The molecule has 0 unspecified atom stereocenters. The molecule has 15 heavy (non-hydrogen) atoms. The zero-order chi connectivity index (χ0) is 10.8. The minimum atomic E-state index is 0.145. The molecular formula is C10H12IN3O. The summed E-state index contributed by atoms with van der Waals surface area (Å²) in [5, 5.41) is 0. The molecule has 80 valence electrons. The lowest BCUT2D eigenvalue weighted by Gasteiger charge is -2.31. The number of carbonyl (C=O) groups is 1. The summed E-state index contributed by atoms with van der Waals surface area (Å²) in [4.78, 5) is 19.8. The minimum absolute atomic E-state index is 0.145. The van der Waals surface area contributed by atoms with Gasteiger partial charge in [0.2, 0.25) is 5.91 Å². The van der Waals surface area contributed by atoms with Crippen molar-refractivity contribution in [1.29, 1.82) is 0 Å². The SMILES string of the molecule is CN1CCN(c2ccc(I)nc2)C(=O)C1. The number of carbonyl (C=O) groups excluding carboxylic acids is 1. The molecule has 2 rings (SSSR count). The molecule has 1 amide bonds. The Morgan fingerprint density at radius 1 is 1.40 bits per heavy atom. The molecule has 1 aromatic heterocycles. The summed E-state index contributed by atoms with van der Waals surface area (Å²) < 4.78 is 0.943. The standard InChI is InChI=1S/C10H12IN3O/c1-13-4-5-14(10(15)7-13)8-2-3-9(11)12-6-8/h2-3,6H,4-5,7H2,1H3. The Morgan fingerprint density at radius 2 is 2.20 bits per heavy atom. The molecule has 0 atom stereocenters. The number of rotatable bonds is 1. The highest BCUT2D eigenvalue weighted by Gasteiger charge is 2.22. The maximum atomic E-state index is 11.7. The molecule has 0 bridgehead atoms. The number of piperazine rings is 1. The van der Waals surface area contributed by atoms with Crippen molar-refractivity contribution in [3.63, 3.8) is 0 Å². The van der Waals surface area contributed by atoms with E-state index in [0.29, 0.717) is 6.54 Å². The Kier molecular flexibility index (Phi) is 3.20. The van der Waals surface area contributed by atoms with Crippen molar-refractivity contribution < 1.29 is 4.79 Å². The first-order valence-electron chi connectivity index (χ1n) is 4.77. The predicted octanol–water partition coefficient (Wildman–Crippen LogP) is 0.965. The van der Waals surface area contributed by atoms with E-state index in [1.165, 1.54) is 0 Å². The molecule has 1 saturated heterocycles. The Morgan fingerprint density at radius 3 is 2.80 bits per heavy atom. The molecule has 5 heteroatoms. The average molecular weight is 317 g/mol. The van der Waals surface area contributed by atoms with E-state index >= 15 is 0 Å². The molecule has 0 N–H and O–H groups in total. The normalized spacial score (nSPS) is 18.3. The van der Waals surface area contributed by atoms with Crippen molar-refractivity contribution in [2.24, 2.45) is 0 Å². The number of aromatic nitrogens is 1. The number of likely N-dealkylation sites (N-methyl/N-ethyl adjacent to an activating group) is 1. The molecule has 0 saturated carbocycles. The molecule has 1 aliphatic rings. The molecule has 1 aliphatic heterocycles. The lowest BCUT2D eigenvalue weighted by Crippen LogP contribution is -2.48. The van der Waals surface area contributed by atoms with Crippen LogP contribution in [-0.4, -0.2) is 42.5 Å². The first-order chi connectivity index (χ1) is 7.16. The van der Waals surface area contributed by atoms with Gasteiger partial charge in [0.15, 0.2) is 0 Å². The largest absolute Gasteiger partial charge is 0.308 e. The lowest BCUT2D eigenvalue weighted by molar-refractivity contribution is -0.120. The van der Waals surface area contributed by atoms with Gasteiger partial charge in [0, 0.05) is 13.1 Å². The van der Waals surface area contributed by atoms with Gasteiger partial charge in [0.05, 0.1) is 18.4 Å². The van der Waals surface area contributed by atoms with Crippen LogP contribution in [0.4, 0.5) is 5.69 Å². The fourth-order valence-corrected chi connectivity index (χ4v) is 1.91. The molecule has 0 aromatic carbocycles. The van der Waals surface area contributed by atoms with E-state index in [9.17, 15) is 4.79 Å². The van der Waals surface area contributed by atoms with Gasteiger partial charge >= 0.3 is 0 Å². The molecule has 0 aliphatic carbocycles. The maximum Gasteiger partial charge on any atom is 0.241 e. The van der Waals surface area contributed by atoms with Gasteiger partial charge in [-0.2, -0.15) is 0 Å². The van der Waals surface area contributed by atoms with E-state index in [1.807, 2.05) is 24.1 Å². The van der Waals surface area contributed by atoms with Crippen molar-refractivity contribution in [2.75, 3.05) is 31.6 Å². The smallest absolute Gasteiger partial charge is 0.241 e. The van der Waals surface area contributed by atoms with Crippen LogP contribution >= 0.6 is 22.6 Å². The van der Waals surface area contributed by atoms with Crippen molar-refractivity contribution in [1.82, 2.24) is 9.88 Å². The Bertz CT molecular complexity index is 365.